The standard InChI is InChI=1S/C12H13ClN4O2/c13-11-8-10(17(18)19)3-4-12(11)14-6-1-2-9-5-7-15-16-9/h3-5,7-8,14H,1-2,6H2,(H,15,16). The zero-order valence-electron chi connectivity index (χ0n) is 10.1. The first-order valence-corrected chi connectivity index (χ1v) is 6.20. The Balaban J connectivity index is 1.84. The molecule has 0 fully saturated rings. The number of non-ortho nitro benzene ring substituents is 1. The van der Waals surface area contributed by atoms with Crippen molar-refractivity contribution in [3.63, 3.8) is 0 Å². The number of aromatic nitrogens is 2. The molecule has 0 amide bonds. The molecule has 2 N–H and O–H groups in total. The van der Waals surface area contributed by atoms with Gasteiger partial charge in [-0.2, -0.15) is 5.10 Å². The molecule has 19 heavy (non-hydrogen) atoms. The Labute approximate surface area is 114 Å². The first kappa shape index (κ1) is 13.4. The van der Waals surface area contributed by atoms with Gasteiger partial charge in [0.1, 0.15) is 0 Å². The van der Waals surface area contributed by atoms with Crippen LogP contribution in [-0.2, 0) is 6.42 Å². The van der Waals surface area contributed by atoms with Crippen LogP contribution < -0.4 is 5.32 Å². The van der Waals surface area contributed by atoms with E-state index < -0.39 is 4.92 Å². The number of hydrogen-bond donors (Lipinski definition) is 2. The van der Waals surface area contributed by atoms with Crippen molar-refractivity contribution in [3.05, 3.63) is 51.3 Å². The van der Waals surface area contributed by atoms with E-state index in [1.807, 2.05) is 6.07 Å². The van der Waals surface area contributed by atoms with Crippen molar-refractivity contribution in [1.82, 2.24) is 10.2 Å². The summed E-state index contributed by atoms with van der Waals surface area (Å²) in [6, 6.07) is 6.33. The van der Waals surface area contributed by atoms with Gasteiger partial charge in [0.15, 0.2) is 0 Å². The summed E-state index contributed by atoms with van der Waals surface area (Å²) < 4.78 is 0. The topological polar surface area (TPSA) is 83.8 Å². The van der Waals surface area contributed by atoms with E-state index in [-0.39, 0.29) is 5.69 Å². The molecule has 0 radical (unpaired) electrons. The smallest absolute Gasteiger partial charge is 0.271 e. The van der Waals surface area contributed by atoms with E-state index in [1.165, 1.54) is 12.1 Å². The molecule has 2 aromatic rings. The van der Waals surface area contributed by atoms with Crippen molar-refractivity contribution in [1.29, 1.82) is 0 Å². The van der Waals surface area contributed by atoms with Crippen LogP contribution in [-0.4, -0.2) is 21.7 Å². The van der Waals surface area contributed by atoms with E-state index in [9.17, 15) is 10.1 Å². The number of nitrogens with one attached hydrogen (secondary N) is 2. The third kappa shape index (κ3) is 3.69. The van der Waals surface area contributed by atoms with Gasteiger partial charge in [-0.1, -0.05) is 11.6 Å². The molecule has 6 nitrogen and oxygen atoms in total. The molecule has 0 spiro atoms. The minimum Gasteiger partial charge on any atom is -0.384 e. The number of halogens is 1. The van der Waals surface area contributed by atoms with Crippen LogP contribution in [0.1, 0.15) is 12.1 Å². The van der Waals surface area contributed by atoms with Crippen LogP contribution in [0, 0.1) is 10.1 Å². The molecule has 0 bridgehead atoms. The maximum atomic E-state index is 10.6. The first-order valence-electron chi connectivity index (χ1n) is 5.83. The number of anilines is 1. The number of nitro groups is 1. The maximum absolute atomic E-state index is 10.6. The molecule has 0 saturated carbocycles. The Bertz CT molecular complexity index is 557. The highest BCUT2D eigenvalue weighted by atomic mass is 35.5. The number of H-pyrrole nitrogens is 1. The highest BCUT2D eigenvalue weighted by Crippen LogP contribution is 2.26. The van der Waals surface area contributed by atoms with Crippen molar-refractivity contribution in [2.24, 2.45) is 0 Å². The third-order valence-corrected chi connectivity index (χ3v) is 2.97. The number of aryl methyl sites for hydroxylation is 1. The van der Waals surface area contributed by atoms with E-state index in [0.717, 1.165) is 25.1 Å². The van der Waals surface area contributed by atoms with Gasteiger partial charge in [-0.3, -0.25) is 15.2 Å². The molecular weight excluding hydrogens is 268 g/mol. The summed E-state index contributed by atoms with van der Waals surface area (Å²) in [5.74, 6) is 0. The fourth-order valence-corrected chi connectivity index (χ4v) is 1.93. The van der Waals surface area contributed by atoms with Crippen LogP contribution in [0.4, 0.5) is 11.4 Å². The predicted octanol–water partition coefficient (Wildman–Crippen LogP) is 3.02. The lowest BCUT2D eigenvalue weighted by Crippen LogP contribution is -2.04. The van der Waals surface area contributed by atoms with Gasteiger partial charge >= 0.3 is 0 Å². The fourth-order valence-electron chi connectivity index (χ4n) is 1.69. The van der Waals surface area contributed by atoms with Crippen molar-refractivity contribution in [3.8, 4) is 0 Å². The summed E-state index contributed by atoms with van der Waals surface area (Å²) in [6.07, 6.45) is 3.52. The van der Waals surface area contributed by atoms with E-state index in [0.29, 0.717) is 10.7 Å². The van der Waals surface area contributed by atoms with E-state index >= 15 is 0 Å². The lowest BCUT2D eigenvalue weighted by atomic mass is 10.2. The Morgan fingerprint density at radius 2 is 2.26 bits per heavy atom. The SMILES string of the molecule is O=[N+]([O-])c1ccc(NCCCc2ccn[nH]2)c(Cl)c1. The van der Waals surface area contributed by atoms with Gasteiger partial charge in [0.25, 0.3) is 5.69 Å². The molecule has 100 valence electrons. The maximum Gasteiger partial charge on any atom is 0.271 e. The van der Waals surface area contributed by atoms with E-state index in [4.69, 9.17) is 11.6 Å². The number of hydrogen-bond acceptors (Lipinski definition) is 4. The third-order valence-electron chi connectivity index (χ3n) is 2.66. The number of aromatic amines is 1. The highest BCUT2D eigenvalue weighted by molar-refractivity contribution is 6.33. The molecule has 0 saturated heterocycles. The largest absolute Gasteiger partial charge is 0.384 e. The molecule has 1 aromatic carbocycles. The average molecular weight is 281 g/mol. The fraction of sp³-hybridized carbons (Fsp3) is 0.250. The van der Waals surface area contributed by atoms with Crippen LogP contribution in [0.5, 0.6) is 0 Å². The molecule has 1 aromatic heterocycles. The second kappa shape index (κ2) is 6.19. The Morgan fingerprint density at radius 1 is 1.42 bits per heavy atom. The zero-order chi connectivity index (χ0) is 13.7. The highest BCUT2D eigenvalue weighted by Gasteiger charge is 2.08. The number of rotatable bonds is 6. The van der Waals surface area contributed by atoms with E-state index in [1.54, 1.807) is 12.3 Å². The van der Waals surface area contributed by atoms with Crippen molar-refractivity contribution >= 4 is 23.0 Å². The minimum absolute atomic E-state index is 0.00647. The molecule has 0 aliphatic carbocycles. The Morgan fingerprint density at radius 3 is 2.89 bits per heavy atom. The van der Waals surface area contributed by atoms with Gasteiger partial charge in [-0.25, -0.2) is 0 Å². The molecule has 0 aliphatic rings. The van der Waals surface area contributed by atoms with Crippen LogP contribution in [0.2, 0.25) is 5.02 Å². The van der Waals surface area contributed by atoms with Crippen LogP contribution >= 0.6 is 11.6 Å². The van der Waals surface area contributed by atoms with Gasteiger partial charge < -0.3 is 5.32 Å². The van der Waals surface area contributed by atoms with Crippen molar-refractivity contribution < 1.29 is 4.92 Å². The summed E-state index contributed by atoms with van der Waals surface area (Å²) in [6.45, 7) is 0.733. The van der Waals surface area contributed by atoms with Gasteiger partial charge in [-0.05, 0) is 25.0 Å². The summed E-state index contributed by atoms with van der Waals surface area (Å²) in [5, 5.41) is 20.8. The molecule has 0 atom stereocenters. The first-order chi connectivity index (χ1) is 9.16. The molecule has 2 rings (SSSR count). The van der Waals surface area contributed by atoms with Gasteiger partial charge in [0, 0.05) is 30.6 Å². The van der Waals surface area contributed by atoms with E-state index in [2.05, 4.69) is 15.5 Å². The second-order valence-corrected chi connectivity index (χ2v) is 4.44. The summed E-state index contributed by atoms with van der Waals surface area (Å²) >= 11 is 5.97. The lowest BCUT2D eigenvalue weighted by Gasteiger charge is -2.07. The summed E-state index contributed by atoms with van der Waals surface area (Å²) in [4.78, 5) is 10.1. The summed E-state index contributed by atoms with van der Waals surface area (Å²) in [7, 11) is 0. The average Bonchev–Trinajstić information content (AvgIpc) is 2.89. The van der Waals surface area contributed by atoms with Crippen LogP contribution in [0.25, 0.3) is 0 Å². The zero-order valence-corrected chi connectivity index (χ0v) is 10.9. The predicted molar refractivity (Wildman–Crippen MR) is 73.5 cm³/mol. The molecule has 1 heterocycles. The van der Waals surface area contributed by atoms with Crippen LogP contribution in [0.15, 0.2) is 30.5 Å². The van der Waals surface area contributed by atoms with Crippen molar-refractivity contribution in [2.45, 2.75) is 12.8 Å². The number of benzene rings is 1. The van der Waals surface area contributed by atoms with Gasteiger partial charge in [0.2, 0.25) is 0 Å². The quantitative estimate of drug-likeness (QED) is 0.484. The lowest BCUT2D eigenvalue weighted by molar-refractivity contribution is -0.384. The normalized spacial score (nSPS) is 10.4. The van der Waals surface area contributed by atoms with Gasteiger partial charge in [0.05, 0.1) is 15.6 Å². The molecule has 0 aliphatic heterocycles. The van der Waals surface area contributed by atoms with Crippen molar-refractivity contribution in [2.75, 3.05) is 11.9 Å². The van der Waals surface area contributed by atoms with Crippen LogP contribution in [0.3, 0.4) is 0 Å². The molecule has 7 heteroatoms. The molecule has 0 unspecified atom stereocenters. The number of nitrogens with zero attached hydrogens (tertiary/aromatic N) is 2. The summed E-state index contributed by atoms with van der Waals surface area (Å²) in [5.41, 5.74) is 1.78. The van der Waals surface area contributed by atoms with Gasteiger partial charge in [-0.15, -0.1) is 0 Å². The Hall–Kier alpha value is -2.08. The molecular formula is C12H13ClN4O2. The minimum atomic E-state index is -0.464. The number of nitro benzene ring substituents is 1. The monoisotopic (exact) mass is 280 g/mol. The Kier molecular flexibility index (Phi) is 4.35. The second-order valence-electron chi connectivity index (χ2n) is 4.03.